The Morgan fingerprint density at radius 1 is 0.850 bits per heavy atom. The Kier molecular flexibility index (Phi) is 4.33. The van der Waals surface area contributed by atoms with Crippen LogP contribution < -0.4 is 0 Å². The van der Waals surface area contributed by atoms with Crippen LogP contribution in [0.3, 0.4) is 0 Å². The molecular weight excluding hydrogens is 276 g/mol. The number of carboxylic acid groups (broad SMARTS) is 1. The van der Waals surface area contributed by atoms with E-state index in [9.17, 15) is 9.59 Å². The molecule has 20 heavy (non-hydrogen) atoms. The molecule has 0 bridgehead atoms. The van der Waals surface area contributed by atoms with E-state index in [-0.39, 0.29) is 5.78 Å². The Labute approximate surface area is 121 Å². The number of halogens is 1. The van der Waals surface area contributed by atoms with Crippen molar-refractivity contribution in [1.29, 1.82) is 0 Å². The number of allylic oxidation sites excluding steroid dienone is 1. The third-order valence-corrected chi connectivity index (χ3v) is 2.98. The Bertz CT molecular complexity index is 655. The van der Waals surface area contributed by atoms with Gasteiger partial charge < -0.3 is 5.11 Å². The normalized spacial score (nSPS) is 10.7. The van der Waals surface area contributed by atoms with Gasteiger partial charge in [0.05, 0.1) is 0 Å². The maximum atomic E-state index is 11.7. The molecule has 1 N–H and O–H groups in total. The lowest BCUT2D eigenvalue weighted by molar-refractivity contribution is -0.131. The molecule has 2 rings (SSSR count). The van der Waals surface area contributed by atoms with Crippen LogP contribution >= 0.6 is 11.6 Å². The molecule has 0 heterocycles. The number of benzene rings is 2. The van der Waals surface area contributed by atoms with E-state index in [1.54, 1.807) is 24.3 Å². The van der Waals surface area contributed by atoms with Gasteiger partial charge in [-0.1, -0.05) is 48.0 Å². The first-order chi connectivity index (χ1) is 9.56. The Balaban J connectivity index is 2.20. The summed E-state index contributed by atoms with van der Waals surface area (Å²) < 4.78 is 0. The molecule has 0 unspecified atom stereocenters. The van der Waals surface area contributed by atoms with Gasteiger partial charge in [0.1, 0.15) is 0 Å². The second-order valence-electron chi connectivity index (χ2n) is 4.12. The number of carbonyl (C=O) groups excluding carboxylic acids is 1. The highest BCUT2D eigenvalue weighted by Crippen LogP contribution is 2.22. The van der Waals surface area contributed by atoms with Crippen LogP contribution in [0.15, 0.2) is 60.7 Å². The molecule has 0 spiro atoms. The summed E-state index contributed by atoms with van der Waals surface area (Å²) in [5, 5.41) is 9.14. The lowest BCUT2D eigenvalue weighted by Gasteiger charge is -2.03. The van der Waals surface area contributed by atoms with Gasteiger partial charge in [0, 0.05) is 16.7 Å². The van der Waals surface area contributed by atoms with Crippen LogP contribution in [0.2, 0.25) is 5.02 Å². The molecule has 0 amide bonds. The predicted octanol–water partition coefficient (Wildman–Crippen LogP) is 3.83. The zero-order valence-electron chi connectivity index (χ0n) is 10.4. The smallest absolute Gasteiger partial charge is 0.328 e. The average Bonchev–Trinajstić information content (AvgIpc) is 2.46. The van der Waals surface area contributed by atoms with Gasteiger partial charge in [-0.2, -0.15) is 0 Å². The summed E-state index contributed by atoms with van der Waals surface area (Å²) in [4.78, 5) is 22.0. The van der Waals surface area contributed by atoms with Crippen molar-refractivity contribution >= 4 is 23.4 Å². The molecule has 0 atom stereocenters. The fourth-order valence-corrected chi connectivity index (χ4v) is 1.84. The van der Waals surface area contributed by atoms with Crippen molar-refractivity contribution in [2.24, 2.45) is 0 Å². The number of carboxylic acids is 1. The van der Waals surface area contributed by atoms with Gasteiger partial charge >= 0.3 is 5.97 Å². The molecule has 0 aliphatic heterocycles. The summed E-state index contributed by atoms with van der Waals surface area (Å²) >= 11 is 5.83. The van der Waals surface area contributed by atoms with E-state index in [1.165, 1.54) is 0 Å². The molecule has 0 fully saturated rings. The molecule has 3 nitrogen and oxygen atoms in total. The van der Waals surface area contributed by atoms with Crippen LogP contribution in [-0.4, -0.2) is 16.9 Å². The van der Waals surface area contributed by atoms with Gasteiger partial charge in [-0.05, 0) is 29.3 Å². The van der Waals surface area contributed by atoms with Crippen LogP contribution in [0.25, 0.3) is 11.1 Å². The highest BCUT2D eigenvalue weighted by atomic mass is 35.5. The van der Waals surface area contributed by atoms with E-state index >= 15 is 0 Å². The summed E-state index contributed by atoms with van der Waals surface area (Å²) in [5.74, 6) is -1.48. The molecular formula is C16H11ClO3. The third kappa shape index (κ3) is 3.56. The van der Waals surface area contributed by atoms with E-state index < -0.39 is 5.97 Å². The zero-order chi connectivity index (χ0) is 14.5. The van der Waals surface area contributed by atoms with Crippen molar-refractivity contribution in [2.45, 2.75) is 0 Å². The Hall–Kier alpha value is -2.39. The predicted molar refractivity (Wildman–Crippen MR) is 78.0 cm³/mol. The zero-order valence-corrected chi connectivity index (χ0v) is 11.2. The van der Waals surface area contributed by atoms with Gasteiger partial charge in [0.15, 0.2) is 5.78 Å². The van der Waals surface area contributed by atoms with Crippen LogP contribution in [-0.2, 0) is 4.79 Å². The van der Waals surface area contributed by atoms with E-state index in [1.807, 2.05) is 24.3 Å². The van der Waals surface area contributed by atoms with E-state index in [0.29, 0.717) is 10.6 Å². The quantitative estimate of drug-likeness (QED) is 0.686. The molecule has 0 aromatic heterocycles. The van der Waals surface area contributed by atoms with Crippen LogP contribution in [0.4, 0.5) is 0 Å². The molecule has 0 radical (unpaired) electrons. The van der Waals surface area contributed by atoms with Crippen molar-refractivity contribution in [2.75, 3.05) is 0 Å². The monoisotopic (exact) mass is 286 g/mol. The van der Waals surface area contributed by atoms with E-state index in [4.69, 9.17) is 16.7 Å². The Morgan fingerprint density at radius 3 is 1.85 bits per heavy atom. The van der Waals surface area contributed by atoms with Gasteiger partial charge in [-0.25, -0.2) is 4.79 Å². The number of carbonyl (C=O) groups is 2. The molecule has 0 saturated carbocycles. The first-order valence-corrected chi connectivity index (χ1v) is 6.25. The fourth-order valence-electron chi connectivity index (χ4n) is 1.71. The number of rotatable bonds is 4. The maximum Gasteiger partial charge on any atom is 0.328 e. The van der Waals surface area contributed by atoms with Gasteiger partial charge in [0.25, 0.3) is 0 Å². The number of ketones is 1. The summed E-state index contributed by atoms with van der Waals surface area (Å²) in [7, 11) is 0. The molecule has 0 aliphatic rings. The maximum absolute atomic E-state index is 11.7. The second kappa shape index (κ2) is 6.17. The third-order valence-electron chi connectivity index (χ3n) is 2.72. The molecule has 0 aliphatic carbocycles. The van der Waals surface area contributed by atoms with E-state index in [2.05, 4.69) is 0 Å². The van der Waals surface area contributed by atoms with Crippen molar-refractivity contribution in [1.82, 2.24) is 0 Å². The topological polar surface area (TPSA) is 54.4 Å². The van der Waals surface area contributed by atoms with E-state index in [0.717, 1.165) is 23.3 Å². The second-order valence-corrected chi connectivity index (χ2v) is 4.56. The summed E-state index contributed by atoms with van der Waals surface area (Å²) in [6, 6.07) is 14.3. The fraction of sp³-hybridized carbons (Fsp3) is 0. The number of aliphatic carboxylic acids is 1. The number of hydrogen-bond acceptors (Lipinski definition) is 2. The minimum atomic E-state index is -1.14. The summed E-state index contributed by atoms with van der Waals surface area (Å²) in [6.45, 7) is 0. The highest BCUT2D eigenvalue weighted by molar-refractivity contribution is 6.30. The van der Waals surface area contributed by atoms with Crippen molar-refractivity contribution in [3.05, 3.63) is 71.3 Å². The Morgan fingerprint density at radius 2 is 1.35 bits per heavy atom. The van der Waals surface area contributed by atoms with Crippen molar-refractivity contribution in [3.8, 4) is 11.1 Å². The van der Waals surface area contributed by atoms with Gasteiger partial charge in [0.2, 0.25) is 0 Å². The SMILES string of the molecule is O=C(O)C=CC(=O)c1ccc(-c2ccc(Cl)cc2)cc1. The van der Waals surface area contributed by atoms with Crippen molar-refractivity contribution < 1.29 is 14.7 Å². The van der Waals surface area contributed by atoms with Gasteiger partial charge in [-0.15, -0.1) is 0 Å². The molecule has 2 aromatic rings. The average molecular weight is 287 g/mol. The number of hydrogen-bond donors (Lipinski definition) is 1. The first-order valence-electron chi connectivity index (χ1n) is 5.87. The molecule has 0 saturated heterocycles. The van der Waals surface area contributed by atoms with Crippen LogP contribution in [0.1, 0.15) is 10.4 Å². The minimum Gasteiger partial charge on any atom is -0.478 e. The largest absolute Gasteiger partial charge is 0.478 e. The summed E-state index contributed by atoms with van der Waals surface area (Å²) in [5.41, 5.74) is 2.40. The van der Waals surface area contributed by atoms with Crippen LogP contribution in [0.5, 0.6) is 0 Å². The minimum absolute atomic E-state index is 0.338. The molecule has 2 aromatic carbocycles. The standard InChI is InChI=1S/C16H11ClO3/c17-14-7-5-12(6-8-14)11-1-3-13(4-2-11)15(18)9-10-16(19)20/h1-10H,(H,19,20). The molecule has 4 heteroatoms. The van der Waals surface area contributed by atoms with Crippen molar-refractivity contribution in [3.63, 3.8) is 0 Å². The van der Waals surface area contributed by atoms with Crippen LogP contribution in [0, 0.1) is 0 Å². The highest BCUT2D eigenvalue weighted by Gasteiger charge is 2.03. The summed E-state index contributed by atoms with van der Waals surface area (Å²) in [6.07, 6.45) is 1.87. The lowest BCUT2D eigenvalue weighted by Crippen LogP contribution is -1.96. The molecule has 100 valence electrons. The van der Waals surface area contributed by atoms with Gasteiger partial charge in [-0.3, -0.25) is 4.79 Å². The first kappa shape index (κ1) is 14.0. The lowest BCUT2D eigenvalue weighted by atomic mass is 10.0.